The van der Waals surface area contributed by atoms with Crippen LogP contribution in [0.2, 0.25) is 0 Å². The van der Waals surface area contributed by atoms with E-state index in [2.05, 4.69) is 37.0 Å². The fourth-order valence-corrected chi connectivity index (χ4v) is 1.84. The van der Waals surface area contributed by atoms with Crippen LogP contribution < -0.4 is 0 Å². The number of aromatic amines is 1. The summed E-state index contributed by atoms with van der Waals surface area (Å²) in [5.41, 5.74) is 1.99. The monoisotopic (exact) mass is 262 g/mol. The van der Waals surface area contributed by atoms with Crippen molar-refractivity contribution in [3.63, 3.8) is 0 Å². The lowest BCUT2D eigenvalue weighted by molar-refractivity contribution is 1.14. The Balaban J connectivity index is 2.55. The predicted molar refractivity (Wildman–Crippen MR) is 59.0 cm³/mol. The number of H-pyrrole nitrogens is 1. The van der Waals surface area contributed by atoms with E-state index < -0.39 is 0 Å². The van der Waals surface area contributed by atoms with Gasteiger partial charge >= 0.3 is 0 Å². The third-order valence-electron chi connectivity index (χ3n) is 1.91. The highest BCUT2D eigenvalue weighted by Gasteiger charge is 2.09. The van der Waals surface area contributed by atoms with Crippen molar-refractivity contribution in [1.29, 1.82) is 5.26 Å². The van der Waals surface area contributed by atoms with E-state index in [9.17, 15) is 0 Å². The van der Waals surface area contributed by atoms with Gasteiger partial charge in [0.2, 0.25) is 0 Å². The zero-order chi connectivity index (χ0) is 10.8. The fourth-order valence-electron chi connectivity index (χ4n) is 1.26. The van der Waals surface area contributed by atoms with Crippen LogP contribution >= 0.6 is 15.9 Å². The molecule has 0 fully saturated rings. The van der Waals surface area contributed by atoms with Gasteiger partial charge in [-0.15, -0.1) is 0 Å². The predicted octanol–water partition coefficient (Wildman–Crippen LogP) is 2.41. The first-order valence-corrected chi connectivity index (χ1v) is 5.08. The zero-order valence-electron chi connectivity index (χ0n) is 7.95. The maximum atomic E-state index is 8.77. The lowest BCUT2D eigenvalue weighted by Gasteiger charge is -1.96. The molecule has 74 valence electrons. The Bertz CT molecular complexity index is 539. The van der Waals surface area contributed by atoms with Crippen molar-refractivity contribution in [3.8, 4) is 17.5 Å². The Labute approximate surface area is 95.1 Å². The van der Waals surface area contributed by atoms with Crippen molar-refractivity contribution < 1.29 is 0 Å². The Morgan fingerprint density at radius 1 is 1.53 bits per heavy atom. The van der Waals surface area contributed by atoms with Crippen LogP contribution in [0.3, 0.4) is 0 Å². The molecule has 2 aromatic rings. The number of nitriles is 1. The van der Waals surface area contributed by atoms with E-state index in [0.29, 0.717) is 11.3 Å². The number of hydrogen-bond acceptors (Lipinski definition) is 3. The zero-order valence-corrected chi connectivity index (χ0v) is 9.54. The van der Waals surface area contributed by atoms with Gasteiger partial charge in [-0.1, -0.05) is 0 Å². The number of aryl methyl sites for hydroxylation is 1. The van der Waals surface area contributed by atoms with E-state index in [4.69, 9.17) is 5.26 Å². The minimum absolute atomic E-state index is 0.576. The molecule has 5 heteroatoms. The van der Waals surface area contributed by atoms with E-state index in [1.807, 2.05) is 6.92 Å². The molecule has 15 heavy (non-hydrogen) atoms. The molecule has 1 N–H and O–H groups in total. The highest BCUT2D eigenvalue weighted by molar-refractivity contribution is 9.10. The maximum absolute atomic E-state index is 8.77. The Kier molecular flexibility index (Phi) is 2.52. The molecule has 0 bridgehead atoms. The third-order valence-corrected chi connectivity index (χ3v) is 2.48. The number of nitrogens with zero attached hydrogens (tertiary/aromatic N) is 3. The van der Waals surface area contributed by atoms with Gasteiger partial charge in [-0.25, -0.2) is 4.98 Å². The molecule has 0 aliphatic carbocycles. The van der Waals surface area contributed by atoms with Crippen LogP contribution in [-0.4, -0.2) is 15.0 Å². The lowest BCUT2D eigenvalue weighted by atomic mass is 10.2. The SMILES string of the molecule is Cc1nc(-c2cc(C#N)ccn2)c(Br)[nH]1. The van der Waals surface area contributed by atoms with Gasteiger partial charge in [0, 0.05) is 6.20 Å². The summed E-state index contributed by atoms with van der Waals surface area (Å²) in [5, 5.41) is 8.77. The summed E-state index contributed by atoms with van der Waals surface area (Å²) in [6.07, 6.45) is 1.60. The largest absolute Gasteiger partial charge is 0.336 e. The molecular weight excluding hydrogens is 256 g/mol. The summed E-state index contributed by atoms with van der Waals surface area (Å²) < 4.78 is 0.780. The molecule has 0 saturated carbocycles. The average molecular weight is 263 g/mol. The summed E-state index contributed by atoms with van der Waals surface area (Å²) in [4.78, 5) is 11.5. The molecule has 0 unspecified atom stereocenters. The fraction of sp³-hybridized carbons (Fsp3) is 0.100. The molecule has 0 saturated heterocycles. The minimum atomic E-state index is 0.576. The summed E-state index contributed by atoms with van der Waals surface area (Å²) in [7, 11) is 0. The number of imidazole rings is 1. The first-order valence-electron chi connectivity index (χ1n) is 4.29. The second-order valence-corrected chi connectivity index (χ2v) is 3.82. The topological polar surface area (TPSA) is 65.4 Å². The van der Waals surface area contributed by atoms with E-state index in [1.54, 1.807) is 18.3 Å². The molecule has 2 rings (SSSR count). The molecule has 0 spiro atoms. The maximum Gasteiger partial charge on any atom is 0.121 e. The first kappa shape index (κ1) is 9.87. The van der Waals surface area contributed by atoms with Crippen LogP contribution in [0.25, 0.3) is 11.4 Å². The van der Waals surface area contributed by atoms with E-state index >= 15 is 0 Å². The summed E-state index contributed by atoms with van der Waals surface area (Å²) in [6.45, 7) is 1.86. The van der Waals surface area contributed by atoms with Crippen LogP contribution in [0, 0.1) is 18.3 Å². The molecule has 2 aromatic heterocycles. The Morgan fingerprint density at radius 2 is 2.33 bits per heavy atom. The minimum Gasteiger partial charge on any atom is -0.336 e. The van der Waals surface area contributed by atoms with E-state index in [0.717, 1.165) is 16.1 Å². The molecule has 0 radical (unpaired) electrons. The van der Waals surface area contributed by atoms with E-state index in [1.165, 1.54) is 0 Å². The summed E-state index contributed by atoms with van der Waals surface area (Å²) in [5.74, 6) is 0.807. The van der Waals surface area contributed by atoms with Gasteiger partial charge in [0.05, 0.1) is 17.3 Å². The molecule has 0 amide bonds. The van der Waals surface area contributed by atoms with Crippen molar-refractivity contribution in [3.05, 3.63) is 34.3 Å². The number of aromatic nitrogens is 3. The van der Waals surface area contributed by atoms with Gasteiger partial charge < -0.3 is 4.98 Å². The van der Waals surface area contributed by atoms with Gasteiger partial charge in [0.15, 0.2) is 0 Å². The molecule has 0 aliphatic rings. The molecular formula is C10H7BrN4. The normalized spacial score (nSPS) is 9.93. The Morgan fingerprint density at radius 3 is 2.93 bits per heavy atom. The Hall–Kier alpha value is -1.67. The summed E-state index contributed by atoms with van der Waals surface area (Å²) >= 11 is 3.36. The number of halogens is 1. The number of pyridine rings is 1. The second-order valence-electron chi connectivity index (χ2n) is 3.03. The lowest BCUT2D eigenvalue weighted by Crippen LogP contribution is -1.85. The van der Waals surface area contributed by atoms with Gasteiger partial charge in [-0.3, -0.25) is 4.98 Å². The van der Waals surface area contributed by atoms with Crippen LogP contribution in [0.1, 0.15) is 11.4 Å². The summed E-state index contributed by atoms with van der Waals surface area (Å²) in [6, 6.07) is 5.44. The standard InChI is InChI=1S/C10H7BrN4/c1-6-14-9(10(11)15-6)8-4-7(5-12)2-3-13-8/h2-4H,1H3,(H,14,15). The van der Waals surface area contributed by atoms with Crippen molar-refractivity contribution in [2.24, 2.45) is 0 Å². The second kappa shape index (κ2) is 3.83. The average Bonchev–Trinajstić information content (AvgIpc) is 2.58. The number of nitrogens with one attached hydrogen (secondary N) is 1. The molecule has 0 atom stereocenters. The van der Waals surface area contributed by atoms with Gasteiger partial charge in [0.1, 0.15) is 16.1 Å². The highest BCUT2D eigenvalue weighted by atomic mass is 79.9. The van der Waals surface area contributed by atoms with Crippen LogP contribution in [0.15, 0.2) is 22.9 Å². The molecule has 2 heterocycles. The van der Waals surface area contributed by atoms with Crippen LogP contribution in [0.5, 0.6) is 0 Å². The van der Waals surface area contributed by atoms with Gasteiger partial charge in [-0.2, -0.15) is 5.26 Å². The van der Waals surface area contributed by atoms with Crippen molar-refractivity contribution in [2.45, 2.75) is 6.92 Å². The number of hydrogen-bond donors (Lipinski definition) is 1. The number of rotatable bonds is 1. The van der Waals surface area contributed by atoms with Crippen molar-refractivity contribution >= 4 is 15.9 Å². The van der Waals surface area contributed by atoms with Gasteiger partial charge in [-0.05, 0) is 35.0 Å². The molecule has 0 aliphatic heterocycles. The quantitative estimate of drug-likeness (QED) is 0.859. The molecule has 0 aromatic carbocycles. The smallest absolute Gasteiger partial charge is 0.121 e. The first-order chi connectivity index (χ1) is 7.20. The van der Waals surface area contributed by atoms with Crippen LogP contribution in [0.4, 0.5) is 0 Å². The molecule has 4 nitrogen and oxygen atoms in total. The van der Waals surface area contributed by atoms with Gasteiger partial charge in [0.25, 0.3) is 0 Å². The van der Waals surface area contributed by atoms with Crippen molar-refractivity contribution in [1.82, 2.24) is 15.0 Å². The van der Waals surface area contributed by atoms with Crippen LogP contribution in [-0.2, 0) is 0 Å². The third kappa shape index (κ3) is 1.90. The van der Waals surface area contributed by atoms with Crippen molar-refractivity contribution in [2.75, 3.05) is 0 Å². The highest BCUT2D eigenvalue weighted by Crippen LogP contribution is 2.24. The van der Waals surface area contributed by atoms with E-state index in [-0.39, 0.29) is 0 Å².